The molecule has 6 heteroatoms. The molecule has 2 amide bonds. The molecule has 0 saturated heterocycles. The number of amides is 2. The van der Waals surface area contributed by atoms with Crippen LogP contribution in [0.1, 0.15) is 13.8 Å². The summed E-state index contributed by atoms with van der Waals surface area (Å²) in [5, 5.41) is 0. The van der Waals surface area contributed by atoms with Crippen molar-refractivity contribution in [2.24, 2.45) is 0 Å². The molecule has 26 heavy (non-hydrogen) atoms. The first-order chi connectivity index (χ1) is 12.6. The van der Waals surface area contributed by atoms with Crippen molar-refractivity contribution in [2.75, 3.05) is 36.1 Å². The topological polar surface area (TPSA) is 59.1 Å². The molecule has 0 saturated carbocycles. The fourth-order valence-electron chi connectivity index (χ4n) is 2.92. The molecule has 0 N–H and O–H groups in total. The Balaban J connectivity index is 1.82. The summed E-state index contributed by atoms with van der Waals surface area (Å²) in [5.74, 6) is 0.875. The van der Waals surface area contributed by atoms with Crippen molar-refractivity contribution in [3.8, 4) is 11.5 Å². The Labute approximate surface area is 152 Å². The maximum absolute atomic E-state index is 12.8. The van der Waals surface area contributed by atoms with Crippen molar-refractivity contribution < 1.29 is 19.1 Å². The quantitative estimate of drug-likeness (QED) is 0.828. The average molecular weight is 354 g/mol. The molecule has 1 aliphatic heterocycles. The first-order valence-electron chi connectivity index (χ1n) is 8.63. The molecule has 0 spiro atoms. The Morgan fingerprint density at radius 3 is 2.27 bits per heavy atom. The van der Waals surface area contributed by atoms with Gasteiger partial charge < -0.3 is 19.3 Å². The zero-order valence-corrected chi connectivity index (χ0v) is 15.0. The van der Waals surface area contributed by atoms with Crippen LogP contribution in [0.25, 0.3) is 0 Å². The first-order valence-corrected chi connectivity index (χ1v) is 8.63. The van der Waals surface area contributed by atoms with Crippen LogP contribution in [0.3, 0.4) is 0 Å². The Kier molecular flexibility index (Phi) is 5.41. The van der Waals surface area contributed by atoms with Crippen LogP contribution >= 0.6 is 0 Å². The number of nitrogens with zero attached hydrogens (tertiary/aromatic N) is 2. The van der Waals surface area contributed by atoms with Gasteiger partial charge in [-0.2, -0.15) is 0 Å². The summed E-state index contributed by atoms with van der Waals surface area (Å²) in [6, 6.07) is 14.7. The average Bonchev–Trinajstić information content (AvgIpc) is 2.67. The van der Waals surface area contributed by atoms with Crippen LogP contribution in [-0.2, 0) is 9.59 Å². The summed E-state index contributed by atoms with van der Waals surface area (Å²) >= 11 is 0. The van der Waals surface area contributed by atoms with E-state index < -0.39 is 0 Å². The molecule has 2 aromatic carbocycles. The van der Waals surface area contributed by atoms with Gasteiger partial charge in [0.15, 0.2) is 11.5 Å². The highest BCUT2D eigenvalue weighted by Crippen LogP contribution is 2.34. The first kappa shape index (κ1) is 17.8. The van der Waals surface area contributed by atoms with Gasteiger partial charge >= 0.3 is 0 Å². The molecule has 0 aliphatic carbocycles. The maximum Gasteiger partial charge on any atom is 0.247 e. The van der Waals surface area contributed by atoms with Gasteiger partial charge in [0.25, 0.3) is 0 Å². The molecular weight excluding hydrogens is 332 g/mol. The van der Waals surface area contributed by atoms with Crippen molar-refractivity contribution in [2.45, 2.75) is 13.8 Å². The summed E-state index contributed by atoms with van der Waals surface area (Å²) in [6.07, 6.45) is 0. The number of benzene rings is 2. The van der Waals surface area contributed by atoms with E-state index in [0.717, 1.165) is 5.69 Å². The number of carbonyl (C=O) groups excluding carboxylic acids is 2. The van der Waals surface area contributed by atoms with E-state index in [1.165, 1.54) is 11.8 Å². The third-order valence-electron chi connectivity index (χ3n) is 4.20. The van der Waals surface area contributed by atoms with Crippen LogP contribution in [0, 0.1) is 0 Å². The Morgan fingerprint density at radius 2 is 1.62 bits per heavy atom. The van der Waals surface area contributed by atoms with Crippen molar-refractivity contribution in [1.29, 1.82) is 0 Å². The fraction of sp³-hybridized carbons (Fsp3) is 0.300. The molecule has 0 atom stereocenters. The molecule has 0 radical (unpaired) electrons. The lowest BCUT2D eigenvalue weighted by Crippen LogP contribution is -2.42. The Bertz CT molecular complexity index is 792. The predicted molar refractivity (Wildman–Crippen MR) is 99.9 cm³/mol. The van der Waals surface area contributed by atoms with E-state index in [2.05, 4.69) is 0 Å². The van der Waals surface area contributed by atoms with Crippen LogP contribution in [0.2, 0.25) is 0 Å². The van der Waals surface area contributed by atoms with Gasteiger partial charge in [0.2, 0.25) is 11.8 Å². The van der Waals surface area contributed by atoms with Gasteiger partial charge in [-0.1, -0.05) is 18.2 Å². The molecule has 2 aromatic rings. The minimum atomic E-state index is -0.209. The predicted octanol–water partition coefficient (Wildman–Crippen LogP) is 2.86. The second kappa shape index (κ2) is 7.91. The molecule has 3 rings (SSSR count). The normalized spacial score (nSPS) is 12.4. The molecule has 0 fully saturated rings. The number of fused-ring (bicyclic) bond motifs is 1. The van der Waals surface area contributed by atoms with Crippen molar-refractivity contribution in [3.05, 3.63) is 48.5 Å². The summed E-state index contributed by atoms with van der Waals surface area (Å²) < 4.78 is 11.1. The lowest BCUT2D eigenvalue weighted by atomic mass is 10.2. The fourth-order valence-corrected chi connectivity index (χ4v) is 2.92. The molecule has 1 aliphatic rings. The van der Waals surface area contributed by atoms with Crippen LogP contribution in [0.5, 0.6) is 11.5 Å². The van der Waals surface area contributed by atoms with E-state index in [0.29, 0.717) is 36.9 Å². The zero-order valence-electron chi connectivity index (χ0n) is 15.0. The highest BCUT2D eigenvalue weighted by atomic mass is 16.6. The third-order valence-corrected chi connectivity index (χ3v) is 4.20. The second-order valence-electron chi connectivity index (χ2n) is 5.91. The number of anilines is 2. The summed E-state index contributed by atoms with van der Waals surface area (Å²) in [7, 11) is 0. The monoisotopic (exact) mass is 354 g/mol. The van der Waals surface area contributed by atoms with Crippen LogP contribution in [0.4, 0.5) is 11.4 Å². The minimum Gasteiger partial charge on any atom is -0.486 e. The van der Waals surface area contributed by atoms with E-state index in [1.54, 1.807) is 23.1 Å². The van der Waals surface area contributed by atoms with Crippen molar-refractivity contribution >= 4 is 23.2 Å². The SMILES string of the molecule is CCN(C(=O)CN(C(C)=O)c1ccc2c(c1)OCCO2)c1ccccc1. The van der Waals surface area contributed by atoms with E-state index in [-0.39, 0.29) is 18.4 Å². The lowest BCUT2D eigenvalue weighted by molar-refractivity contribution is -0.121. The molecule has 136 valence electrons. The van der Waals surface area contributed by atoms with Gasteiger partial charge in [0, 0.05) is 30.9 Å². The number of ether oxygens (including phenoxy) is 2. The second-order valence-corrected chi connectivity index (χ2v) is 5.91. The summed E-state index contributed by atoms with van der Waals surface area (Å²) in [6.45, 7) is 4.81. The number of likely N-dealkylation sites (N-methyl/N-ethyl adjacent to an activating group) is 1. The number of rotatable bonds is 5. The van der Waals surface area contributed by atoms with Crippen molar-refractivity contribution in [3.63, 3.8) is 0 Å². The zero-order chi connectivity index (χ0) is 18.5. The van der Waals surface area contributed by atoms with Gasteiger partial charge in [-0.25, -0.2) is 0 Å². The van der Waals surface area contributed by atoms with E-state index in [4.69, 9.17) is 9.47 Å². The summed E-state index contributed by atoms with van der Waals surface area (Å²) in [5.41, 5.74) is 1.42. The van der Waals surface area contributed by atoms with Crippen molar-refractivity contribution in [1.82, 2.24) is 0 Å². The maximum atomic E-state index is 12.8. The molecule has 0 unspecified atom stereocenters. The van der Waals surface area contributed by atoms with Gasteiger partial charge in [0.1, 0.15) is 19.8 Å². The molecule has 6 nitrogen and oxygen atoms in total. The van der Waals surface area contributed by atoms with Gasteiger partial charge in [-0.3, -0.25) is 9.59 Å². The third kappa shape index (κ3) is 3.79. The molecule has 0 aromatic heterocycles. The molecule has 1 heterocycles. The number of para-hydroxylation sites is 1. The van der Waals surface area contributed by atoms with Crippen LogP contribution in [-0.4, -0.2) is 38.1 Å². The number of hydrogen-bond donors (Lipinski definition) is 0. The highest BCUT2D eigenvalue weighted by molar-refractivity contribution is 6.03. The van der Waals surface area contributed by atoms with E-state index in [1.807, 2.05) is 37.3 Å². The molecule has 0 bridgehead atoms. The molecular formula is C20H22N2O4. The van der Waals surface area contributed by atoms with Gasteiger partial charge in [-0.15, -0.1) is 0 Å². The van der Waals surface area contributed by atoms with E-state index in [9.17, 15) is 9.59 Å². The smallest absolute Gasteiger partial charge is 0.247 e. The van der Waals surface area contributed by atoms with E-state index >= 15 is 0 Å². The summed E-state index contributed by atoms with van der Waals surface area (Å²) in [4.78, 5) is 28.1. The van der Waals surface area contributed by atoms with Crippen LogP contribution in [0.15, 0.2) is 48.5 Å². The Hall–Kier alpha value is -3.02. The standard InChI is InChI=1S/C20H22N2O4/c1-3-21(16-7-5-4-6-8-16)20(24)14-22(15(2)23)17-9-10-18-19(13-17)26-12-11-25-18/h4-10,13H,3,11-12,14H2,1-2H3. The number of carbonyl (C=O) groups is 2. The highest BCUT2D eigenvalue weighted by Gasteiger charge is 2.22. The van der Waals surface area contributed by atoms with Gasteiger partial charge in [0.05, 0.1) is 0 Å². The number of hydrogen-bond acceptors (Lipinski definition) is 4. The Morgan fingerprint density at radius 1 is 0.923 bits per heavy atom. The largest absolute Gasteiger partial charge is 0.486 e. The lowest BCUT2D eigenvalue weighted by Gasteiger charge is -2.27. The van der Waals surface area contributed by atoms with Gasteiger partial charge in [-0.05, 0) is 31.2 Å². The van der Waals surface area contributed by atoms with Crippen LogP contribution < -0.4 is 19.3 Å². The minimum absolute atomic E-state index is 0.0439.